The molecule has 106 valence electrons. The number of hydrogen-bond acceptors (Lipinski definition) is 6. The first-order chi connectivity index (χ1) is 9.61. The molecule has 2 rings (SSSR count). The fraction of sp³-hybridized carbons (Fsp3) is 0.364. The van der Waals surface area contributed by atoms with Crippen molar-refractivity contribution in [3.63, 3.8) is 0 Å². The molecule has 0 aliphatic carbocycles. The zero-order valence-electron chi connectivity index (χ0n) is 10.8. The molecule has 2 heterocycles. The smallest absolute Gasteiger partial charge is 0.289 e. The molecule has 0 spiro atoms. The molecule has 0 aliphatic rings. The Hall–Kier alpha value is -2.22. The molecule has 0 fully saturated rings. The summed E-state index contributed by atoms with van der Waals surface area (Å²) in [6, 6.07) is 1.27. The number of nitrogens with one attached hydrogen (secondary N) is 1. The maximum atomic E-state index is 10.6. The molecular formula is C11H13ClN6O2. The van der Waals surface area contributed by atoms with Crippen molar-refractivity contribution in [1.29, 1.82) is 0 Å². The molecule has 2 aromatic rings. The lowest BCUT2D eigenvalue weighted by Gasteiger charge is -2.07. The summed E-state index contributed by atoms with van der Waals surface area (Å²) in [5, 5.41) is 21.7. The molecule has 9 heteroatoms. The molecule has 0 unspecified atom stereocenters. The molecule has 0 aliphatic heterocycles. The molecule has 0 bridgehead atoms. The van der Waals surface area contributed by atoms with Crippen LogP contribution in [0.5, 0.6) is 0 Å². The van der Waals surface area contributed by atoms with Gasteiger partial charge in [0.05, 0.1) is 9.95 Å². The predicted molar refractivity (Wildman–Crippen MR) is 73.8 cm³/mol. The summed E-state index contributed by atoms with van der Waals surface area (Å²) in [6.45, 7) is 3.37. The van der Waals surface area contributed by atoms with E-state index in [4.69, 9.17) is 11.6 Å². The Morgan fingerprint density at radius 3 is 3.00 bits per heavy atom. The van der Waals surface area contributed by atoms with Gasteiger partial charge in [0.25, 0.3) is 5.69 Å². The van der Waals surface area contributed by atoms with Gasteiger partial charge in [-0.05, 0) is 6.92 Å². The van der Waals surface area contributed by atoms with Gasteiger partial charge in [-0.25, -0.2) is 4.98 Å². The summed E-state index contributed by atoms with van der Waals surface area (Å²) in [6.07, 6.45) is 3.50. The zero-order chi connectivity index (χ0) is 14.5. The zero-order valence-corrected chi connectivity index (χ0v) is 11.5. The van der Waals surface area contributed by atoms with E-state index in [9.17, 15) is 10.1 Å². The summed E-state index contributed by atoms with van der Waals surface area (Å²) >= 11 is 5.93. The Morgan fingerprint density at radius 2 is 2.35 bits per heavy atom. The number of hydrogen-bond donors (Lipinski definition) is 1. The summed E-state index contributed by atoms with van der Waals surface area (Å²) < 4.78 is 1.94. The first-order valence-corrected chi connectivity index (χ1v) is 6.40. The number of aromatic nitrogens is 4. The van der Waals surface area contributed by atoms with Gasteiger partial charge in [-0.2, -0.15) is 0 Å². The first kappa shape index (κ1) is 14.2. The monoisotopic (exact) mass is 296 g/mol. The largest absolute Gasteiger partial charge is 0.368 e. The van der Waals surface area contributed by atoms with Crippen LogP contribution in [-0.2, 0) is 13.0 Å². The number of nitro groups is 1. The van der Waals surface area contributed by atoms with E-state index in [0.29, 0.717) is 18.8 Å². The number of nitrogens with zero attached hydrogens (tertiary/aromatic N) is 5. The number of anilines is 1. The lowest BCUT2D eigenvalue weighted by Crippen LogP contribution is -2.11. The second kappa shape index (κ2) is 6.29. The van der Waals surface area contributed by atoms with Gasteiger partial charge in [-0.3, -0.25) is 10.1 Å². The highest BCUT2D eigenvalue weighted by atomic mass is 35.5. The molecule has 0 saturated carbocycles. The summed E-state index contributed by atoms with van der Waals surface area (Å²) in [5.41, 5.74) is -0.133. The van der Waals surface area contributed by atoms with Gasteiger partial charge in [0.1, 0.15) is 24.2 Å². The minimum absolute atomic E-state index is 0.133. The SMILES string of the molecule is CCn1cnnc1CCNc1ncc([N+](=O)[O-])cc1Cl. The molecule has 20 heavy (non-hydrogen) atoms. The number of rotatable bonds is 6. The van der Waals surface area contributed by atoms with Crippen LogP contribution in [-0.4, -0.2) is 31.2 Å². The predicted octanol–water partition coefficient (Wildman–Crippen LogP) is 1.91. The lowest BCUT2D eigenvalue weighted by atomic mass is 10.3. The molecule has 2 aromatic heterocycles. The highest BCUT2D eigenvalue weighted by Crippen LogP contribution is 2.23. The van der Waals surface area contributed by atoms with Gasteiger partial charge in [0.2, 0.25) is 0 Å². The van der Waals surface area contributed by atoms with E-state index in [2.05, 4.69) is 20.5 Å². The van der Waals surface area contributed by atoms with E-state index in [0.717, 1.165) is 12.4 Å². The van der Waals surface area contributed by atoms with Crippen LogP contribution in [0, 0.1) is 10.1 Å². The fourth-order valence-electron chi connectivity index (χ4n) is 1.69. The van der Waals surface area contributed by atoms with Crippen molar-refractivity contribution >= 4 is 23.1 Å². The van der Waals surface area contributed by atoms with Gasteiger partial charge in [-0.15, -0.1) is 10.2 Å². The number of aryl methyl sites for hydroxylation is 1. The van der Waals surface area contributed by atoms with E-state index in [1.165, 1.54) is 12.3 Å². The van der Waals surface area contributed by atoms with E-state index >= 15 is 0 Å². The Labute approximate surface area is 120 Å². The van der Waals surface area contributed by atoms with Gasteiger partial charge < -0.3 is 9.88 Å². The van der Waals surface area contributed by atoms with Crippen molar-refractivity contribution in [3.8, 4) is 0 Å². The molecule has 8 nitrogen and oxygen atoms in total. The molecular weight excluding hydrogens is 284 g/mol. The number of pyridine rings is 1. The van der Waals surface area contributed by atoms with Crippen molar-refractivity contribution in [2.75, 3.05) is 11.9 Å². The van der Waals surface area contributed by atoms with Gasteiger partial charge in [0, 0.05) is 25.6 Å². The summed E-state index contributed by atoms with van der Waals surface area (Å²) in [5.74, 6) is 1.28. The van der Waals surface area contributed by atoms with Crippen LogP contribution in [0.15, 0.2) is 18.6 Å². The highest BCUT2D eigenvalue weighted by Gasteiger charge is 2.11. The van der Waals surface area contributed by atoms with Gasteiger partial charge in [-0.1, -0.05) is 11.6 Å². The van der Waals surface area contributed by atoms with Crippen molar-refractivity contribution in [2.45, 2.75) is 19.9 Å². The third-order valence-electron chi connectivity index (χ3n) is 2.72. The van der Waals surface area contributed by atoms with Crippen LogP contribution in [0.4, 0.5) is 11.5 Å². The average Bonchev–Trinajstić information content (AvgIpc) is 2.87. The molecule has 0 radical (unpaired) electrons. The van der Waals surface area contributed by atoms with Crippen LogP contribution in [0.2, 0.25) is 5.02 Å². The fourth-order valence-corrected chi connectivity index (χ4v) is 1.91. The number of halogens is 1. The molecule has 0 saturated heterocycles. The van der Waals surface area contributed by atoms with Crippen LogP contribution in [0.25, 0.3) is 0 Å². The van der Waals surface area contributed by atoms with Crippen LogP contribution in [0.1, 0.15) is 12.7 Å². The molecule has 0 amide bonds. The second-order valence-electron chi connectivity index (χ2n) is 3.99. The van der Waals surface area contributed by atoms with Crippen molar-refractivity contribution in [3.05, 3.63) is 39.6 Å². The third-order valence-corrected chi connectivity index (χ3v) is 3.00. The quantitative estimate of drug-likeness (QED) is 0.646. The lowest BCUT2D eigenvalue weighted by molar-refractivity contribution is -0.385. The molecule has 1 N–H and O–H groups in total. The van der Waals surface area contributed by atoms with Crippen molar-refractivity contribution < 1.29 is 4.92 Å². The topological polar surface area (TPSA) is 98.8 Å². The van der Waals surface area contributed by atoms with Crippen LogP contribution in [0.3, 0.4) is 0 Å². The van der Waals surface area contributed by atoms with Crippen LogP contribution >= 0.6 is 11.6 Å². The maximum Gasteiger partial charge on any atom is 0.289 e. The Balaban J connectivity index is 1.96. The molecule has 0 atom stereocenters. The normalized spacial score (nSPS) is 10.5. The Morgan fingerprint density at radius 1 is 1.55 bits per heavy atom. The minimum Gasteiger partial charge on any atom is -0.368 e. The first-order valence-electron chi connectivity index (χ1n) is 6.02. The van der Waals surface area contributed by atoms with Crippen molar-refractivity contribution in [2.24, 2.45) is 0 Å². The van der Waals surface area contributed by atoms with Crippen molar-refractivity contribution in [1.82, 2.24) is 19.7 Å². The minimum atomic E-state index is -0.535. The van der Waals surface area contributed by atoms with E-state index < -0.39 is 4.92 Å². The average molecular weight is 297 g/mol. The molecule has 0 aromatic carbocycles. The highest BCUT2D eigenvalue weighted by molar-refractivity contribution is 6.33. The van der Waals surface area contributed by atoms with Crippen LogP contribution < -0.4 is 5.32 Å². The van der Waals surface area contributed by atoms with E-state index in [1.54, 1.807) is 6.33 Å². The standard InChI is InChI=1S/C11H13ClN6O2/c1-2-17-7-15-16-10(17)3-4-13-11-9(12)5-8(6-14-11)18(19)20/h5-7H,2-4H2,1H3,(H,13,14). The van der Waals surface area contributed by atoms with Gasteiger partial charge >= 0.3 is 0 Å². The second-order valence-corrected chi connectivity index (χ2v) is 4.40. The maximum absolute atomic E-state index is 10.6. The van der Waals surface area contributed by atoms with Gasteiger partial charge in [0.15, 0.2) is 0 Å². The Kier molecular flexibility index (Phi) is 4.46. The summed E-state index contributed by atoms with van der Waals surface area (Å²) in [4.78, 5) is 14.0. The third kappa shape index (κ3) is 3.21. The summed E-state index contributed by atoms with van der Waals surface area (Å²) in [7, 11) is 0. The van der Waals surface area contributed by atoms with E-state index in [-0.39, 0.29) is 10.7 Å². The van der Waals surface area contributed by atoms with E-state index in [1.807, 2.05) is 11.5 Å². The Bertz CT molecular complexity index is 615.